The number of carbonyl (C=O) groups is 1. The maximum Gasteiger partial charge on any atom is 0.220 e. The standard InChI is InChI=1S/C11H20N2O/c14-11(13-10-4-5-10)6-3-9-2-1-7-12-8-9/h9-10,12H,1-8H2,(H,13,14). The Hall–Kier alpha value is -0.570. The van der Waals surface area contributed by atoms with Gasteiger partial charge in [-0.3, -0.25) is 4.79 Å². The minimum absolute atomic E-state index is 0.262. The molecule has 3 heteroatoms. The Balaban J connectivity index is 1.57. The summed E-state index contributed by atoms with van der Waals surface area (Å²) in [5.41, 5.74) is 0. The van der Waals surface area contributed by atoms with Gasteiger partial charge in [0.05, 0.1) is 0 Å². The topological polar surface area (TPSA) is 41.1 Å². The molecule has 80 valence electrons. The van der Waals surface area contributed by atoms with Crippen LogP contribution in [-0.4, -0.2) is 25.0 Å². The molecule has 3 nitrogen and oxygen atoms in total. The van der Waals surface area contributed by atoms with Crippen LogP contribution in [-0.2, 0) is 4.79 Å². The van der Waals surface area contributed by atoms with Gasteiger partial charge in [0.25, 0.3) is 0 Å². The lowest BCUT2D eigenvalue weighted by Gasteiger charge is -2.22. The van der Waals surface area contributed by atoms with Crippen molar-refractivity contribution in [3.05, 3.63) is 0 Å². The van der Waals surface area contributed by atoms with Crippen LogP contribution in [0.15, 0.2) is 0 Å². The average Bonchev–Trinajstić information content (AvgIpc) is 3.00. The lowest BCUT2D eigenvalue weighted by atomic mass is 9.94. The molecule has 2 aliphatic rings. The molecular weight excluding hydrogens is 176 g/mol. The van der Waals surface area contributed by atoms with Crippen LogP contribution in [0.1, 0.15) is 38.5 Å². The lowest BCUT2D eigenvalue weighted by Crippen LogP contribution is -2.31. The Morgan fingerprint density at radius 3 is 2.86 bits per heavy atom. The molecule has 2 fully saturated rings. The quantitative estimate of drug-likeness (QED) is 0.705. The summed E-state index contributed by atoms with van der Waals surface area (Å²) in [6, 6.07) is 0.520. The molecule has 1 saturated heterocycles. The second-order valence-electron chi connectivity index (χ2n) is 4.59. The first-order chi connectivity index (χ1) is 6.84. The van der Waals surface area contributed by atoms with E-state index in [1.54, 1.807) is 0 Å². The summed E-state index contributed by atoms with van der Waals surface area (Å²) < 4.78 is 0. The van der Waals surface area contributed by atoms with E-state index in [4.69, 9.17) is 0 Å². The summed E-state index contributed by atoms with van der Waals surface area (Å²) >= 11 is 0. The smallest absolute Gasteiger partial charge is 0.220 e. The number of piperidine rings is 1. The molecule has 0 spiro atoms. The predicted octanol–water partition coefficient (Wildman–Crippen LogP) is 1.04. The molecule has 0 bridgehead atoms. The molecule has 14 heavy (non-hydrogen) atoms. The van der Waals surface area contributed by atoms with E-state index in [0.717, 1.165) is 31.8 Å². The maximum atomic E-state index is 11.4. The monoisotopic (exact) mass is 196 g/mol. The Morgan fingerprint density at radius 2 is 2.21 bits per heavy atom. The summed E-state index contributed by atoms with van der Waals surface area (Å²) in [6.45, 7) is 2.27. The van der Waals surface area contributed by atoms with Gasteiger partial charge in [-0.15, -0.1) is 0 Å². The van der Waals surface area contributed by atoms with E-state index in [1.807, 2.05) is 0 Å². The molecule has 0 aromatic heterocycles. The number of carbonyl (C=O) groups excluding carboxylic acids is 1. The van der Waals surface area contributed by atoms with Gasteiger partial charge in [0, 0.05) is 12.5 Å². The molecule has 1 aliphatic heterocycles. The van der Waals surface area contributed by atoms with Crippen LogP contribution in [0, 0.1) is 5.92 Å². The summed E-state index contributed by atoms with van der Waals surface area (Å²) in [4.78, 5) is 11.4. The maximum absolute atomic E-state index is 11.4. The highest BCUT2D eigenvalue weighted by atomic mass is 16.1. The van der Waals surface area contributed by atoms with Gasteiger partial charge < -0.3 is 10.6 Å². The third kappa shape index (κ3) is 3.29. The van der Waals surface area contributed by atoms with E-state index >= 15 is 0 Å². The molecule has 1 unspecified atom stereocenters. The van der Waals surface area contributed by atoms with Crippen molar-refractivity contribution < 1.29 is 4.79 Å². The van der Waals surface area contributed by atoms with Crippen LogP contribution in [0.2, 0.25) is 0 Å². The van der Waals surface area contributed by atoms with Gasteiger partial charge in [0.2, 0.25) is 5.91 Å². The first kappa shape index (κ1) is 9.97. The highest BCUT2D eigenvalue weighted by molar-refractivity contribution is 5.76. The highest BCUT2D eigenvalue weighted by Gasteiger charge is 2.23. The summed E-state index contributed by atoms with van der Waals surface area (Å²) in [6.07, 6.45) is 6.74. The molecule has 2 N–H and O–H groups in total. The van der Waals surface area contributed by atoms with Crippen molar-refractivity contribution in [2.45, 2.75) is 44.6 Å². The van der Waals surface area contributed by atoms with Crippen molar-refractivity contribution >= 4 is 5.91 Å². The van der Waals surface area contributed by atoms with E-state index in [2.05, 4.69) is 10.6 Å². The van der Waals surface area contributed by atoms with Gasteiger partial charge in [-0.05, 0) is 51.1 Å². The number of hydrogen-bond donors (Lipinski definition) is 2. The van der Waals surface area contributed by atoms with E-state index in [9.17, 15) is 4.79 Å². The zero-order valence-electron chi connectivity index (χ0n) is 8.72. The van der Waals surface area contributed by atoms with Crippen LogP contribution >= 0.6 is 0 Å². The molecule has 1 atom stereocenters. The average molecular weight is 196 g/mol. The van der Waals surface area contributed by atoms with Crippen molar-refractivity contribution in [3.8, 4) is 0 Å². The number of hydrogen-bond acceptors (Lipinski definition) is 2. The Bertz CT molecular complexity index is 195. The molecule has 0 aromatic carbocycles. The summed E-state index contributed by atoms with van der Waals surface area (Å²) in [5.74, 6) is 0.992. The van der Waals surface area contributed by atoms with Crippen LogP contribution in [0.4, 0.5) is 0 Å². The summed E-state index contributed by atoms with van der Waals surface area (Å²) in [5, 5.41) is 6.41. The van der Waals surface area contributed by atoms with Gasteiger partial charge in [-0.25, -0.2) is 0 Å². The van der Waals surface area contributed by atoms with Crippen LogP contribution in [0.3, 0.4) is 0 Å². The second-order valence-corrected chi connectivity index (χ2v) is 4.59. The molecule has 0 radical (unpaired) electrons. The number of rotatable bonds is 4. The van der Waals surface area contributed by atoms with Gasteiger partial charge >= 0.3 is 0 Å². The minimum Gasteiger partial charge on any atom is -0.353 e. The van der Waals surface area contributed by atoms with Crippen LogP contribution < -0.4 is 10.6 Å². The highest BCUT2D eigenvalue weighted by Crippen LogP contribution is 2.20. The molecule has 1 aliphatic carbocycles. The van der Waals surface area contributed by atoms with Crippen molar-refractivity contribution in [2.24, 2.45) is 5.92 Å². The number of nitrogens with one attached hydrogen (secondary N) is 2. The van der Waals surface area contributed by atoms with Gasteiger partial charge in [-0.2, -0.15) is 0 Å². The fourth-order valence-electron chi connectivity index (χ4n) is 2.03. The second kappa shape index (κ2) is 4.78. The van der Waals surface area contributed by atoms with E-state index < -0.39 is 0 Å². The fourth-order valence-corrected chi connectivity index (χ4v) is 2.03. The van der Waals surface area contributed by atoms with Gasteiger partial charge in [0.1, 0.15) is 0 Å². The normalized spacial score (nSPS) is 27.3. The minimum atomic E-state index is 0.262. The zero-order valence-corrected chi connectivity index (χ0v) is 8.72. The molecule has 0 aromatic rings. The van der Waals surface area contributed by atoms with E-state index in [-0.39, 0.29) is 5.91 Å². The Labute approximate surface area is 85.6 Å². The van der Waals surface area contributed by atoms with Gasteiger partial charge in [0.15, 0.2) is 0 Å². The SMILES string of the molecule is O=C(CCC1CCCNC1)NC1CC1. The first-order valence-corrected chi connectivity index (χ1v) is 5.84. The first-order valence-electron chi connectivity index (χ1n) is 5.84. The van der Waals surface area contributed by atoms with Crippen molar-refractivity contribution in [3.63, 3.8) is 0 Å². The van der Waals surface area contributed by atoms with Crippen molar-refractivity contribution in [2.75, 3.05) is 13.1 Å². The molecule has 2 rings (SSSR count). The summed E-state index contributed by atoms with van der Waals surface area (Å²) in [7, 11) is 0. The number of amides is 1. The molecule has 1 amide bonds. The molecular formula is C11H20N2O. The Morgan fingerprint density at radius 1 is 1.36 bits per heavy atom. The van der Waals surface area contributed by atoms with Crippen molar-refractivity contribution in [1.29, 1.82) is 0 Å². The Kier molecular flexibility index (Phi) is 3.40. The molecule has 1 saturated carbocycles. The fraction of sp³-hybridized carbons (Fsp3) is 0.909. The van der Waals surface area contributed by atoms with Crippen LogP contribution in [0.25, 0.3) is 0 Å². The third-order valence-corrected chi connectivity index (χ3v) is 3.12. The van der Waals surface area contributed by atoms with E-state index in [1.165, 1.54) is 25.7 Å². The lowest BCUT2D eigenvalue weighted by molar-refractivity contribution is -0.121. The predicted molar refractivity (Wildman–Crippen MR) is 56.0 cm³/mol. The molecule has 1 heterocycles. The van der Waals surface area contributed by atoms with E-state index in [0.29, 0.717) is 6.04 Å². The van der Waals surface area contributed by atoms with Gasteiger partial charge in [-0.1, -0.05) is 0 Å². The van der Waals surface area contributed by atoms with Crippen LogP contribution in [0.5, 0.6) is 0 Å². The zero-order chi connectivity index (χ0) is 9.80. The third-order valence-electron chi connectivity index (χ3n) is 3.12. The largest absolute Gasteiger partial charge is 0.353 e. The van der Waals surface area contributed by atoms with Crippen molar-refractivity contribution in [1.82, 2.24) is 10.6 Å².